The highest BCUT2D eigenvalue weighted by atomic mass is 16.6. The van der Waals surface area contributed by atoms with Crippen molar-refractivity contribution < 1.29 is 28.5 Å². The molecule has 3 aromatic rings. The molecule has 4 rings (SSSR count). The summed E-state index contributed by atoms with van der Waals surface area (Å²) in [7, 11) is 0. The van der Waals surface area contributed by atoms with E-state index in [1.807, 2.05) is 70.3 Å². The van der Waals surface area contributed by atoms with E-state index in [2.05, 4.69) is 31.0 Å². The second-order valence-electron chi connectivity index (χ2n) is 13.8. The van der Waals surface area contributed by atoms with Crippen molar-refractivity contribution in [1.29, 1.82) is 0 Å². The number of anilines is 1. The van der Waals surface area contributed by atoms with Crippen LogP contribution in [-0.4, -0.2) is 64.2 Å². The number of nitrogens with zero attached hydrogens (tertiary/aromatic N) is 4. The Bertz CT molecular complexity index is 1570. The molecule has 0 radical (unpaired) electrons. The Morgan fingerprint density at radius 3 is 2.48 bits per heavy atom. The van der Waals surface area contributed by atoms with Gasteiger partial charge in [-0.1, -0.05) is 24.3 Å². The SMILES string of the molecule is C=CCOC1(C)CCN(c2c([C@H](OC(C)(C)C)C(=O)OCC)c(C)nc3cc(COCc4ccc(C)cc4O[C@@H](C)CC=C)nn23)CC1. The first-order valence-electron chi connectivity index (χ1n) is 17.0. The highest BCUT2D eigenvalue weighted by molar-refractivity contribution is 5.80. The number of carbonyl (C=O) groups is 1. The zero-order valence-electron chi connectivity index (χ0n) is 30.1. The van der Waals surface area contributed by atoms with Gasteiger partial charge in [0.25, 0.3) is 0 Å². The summed E-state index contributed by atoms with van der Waals surface area (Å²) in [4.78, 5) is 20.7. The van der Waals surface area contributed by atoms with Crippen molar-refractivity contribution in [3.63, 3.8) is 0 Å². The molecule has 1 saturated heterocycles. The van der Waals surface area contributed by atoms with Crippen LogP contribution in [0.3, 0.4) is 0 Å². The maximum atomic E-state index is 13.5. The molecule has 0 aliphatic carbocycles. The highest BCUT2D eigenvalue weighted by Gasteiger charge is 2.38. The summed E-state index contributed by atoms with van der Waals surface area (Å²) in [5.41, 5.74) is 3.89. The van der Waals surface area contributed by atoms with Gasteiger partial charge in [0.1, 0.15) is 11.6 Å². The number of esters is 1. The third-order valence-corrected chi connectivity index (χ3v) is 8.32. The number of carbonyl (C=O) groups excluding carboxylic acids is 1. The number of aryl methyl sites for hydroxylation is 2. The molecule has 2 atom stereocenters. The number of ether oxygens (including phenoxy) is 5. The van der Waals surface area contributed by atoms with E-state index < -0.39 is 17.7 Å². The van der Waals surface area contributed by atoms with Gasteiger partial charge in [0.2, 0.25) is 0 Å². The van der Waals surface area contributed by atoms with E-state index in [0.29, 0.717) is 43.2 Å². The summed E-state index contributed by atoms with van der Waals surface area (Å²) in [6.07, 6.45) is 4.98. The number of hydrogen-bond acceptors (Lipinski definition) is 9. The number of piperidine rings is 1. The fraction of sp³-hybridized carbons (Fsp3) is 0.553. The van der Waals surface area contributed by atoms with Gasteiger partial charge in [0.05, 0.1) is 55.0 Å². The molecule has 0 spiro atoms. The Morgan fingerprint density at radius 1 is 1.10 bits per heavy atom. The average molecular weight is 663 g/mol. The third-order valence-electron chi connectivity index (χ3n) is 8.32. The molecule has 0 unspecified atom stereocenters. The van der Waals surface area contributed by atoms with E-state index in [-0.39, 0.29) is 24.9 Å². The summed E-state index contributed by atoms with van der Waals surface area (Å²) >= 11 is 0. The summed E-state index contributed by atoms with van der Waals surface area (Å²) in [5.74, 6) is 1.12. The first kappa shape index (κ1) is 37.1. The molecule has 1 aliphatic heterocycles. The van der Waals surface area contributed by atoms with Crippen molar-refractivity contribution in [3.8, 4) is 5.75 Å². The minimum atomic E-state index is -0.991. The minimum absolute atomic E-state index is 0.00493. The molecular formula is C38H54N4O6. The summed E-state index contributed by atoms with van der Waals surface area (Å²) in [6, 6.07) is 8.07. The van der Waals surface area contributed by atoms with Gasteiger partial charge in [-0.3, -0.25) is 0 Å². The van der Waals surface area contributed by atoms with Gasteiger partial charge in [-0.05, 0) is 79.9 Å². The van der Waals surface area contributed by atoms with E-state index in [9.17, 15) is 4.79 Å². The Hall–Kier alpha value is -3.73. The number of benzene rings is 1. The third kappa shape index (κ3) is 9.45. The molecule has 0 amide bonds. The van der Waals surface area contributed by atoms with Gasteiger partial charge in [0, 0.05) is 36.8 Å². The number of aromatic nitrogens is 3. The molecule has 1 aliphatic rings. The van der Waals surface area contributed by atoms with Crippen LogP contribution in [0.15, 0.2) is 49.6 Å². The lowest BCUT2D eigenvalue weighted by Crippen LogP contribution is -2.45. The second-order valence-corrected chi connectivity index (χ2v) is 13.8. The van der Waals surface area contributed by atoms with E-state index in [1.54, 1.807) is 13.0 Å². The lowest BCUT2D eigenvalue weighted by Gasteiger charge is -2.41. The number of hydrogen-bond donors (Lipinski definition) is 0. The van der Waals surface area contributed by atoms with Crippen LogP contribution in [0.25, 0.3) is 5.65 Å². The predicted molar refractivity (Wildman–Crippen MR) is 189 cm³/mol. The quantitative estimate of drug-likeness (QED) is 0.115. The zero-order valence-corrected chi connectivity index (χ0v) is 30.1. The molecule has 3 heterocycles. The molecule has 1 fully saturated rings. The minimum Gasteiger partial charge on any atom is -0.490 e. The zero-order chi connectivity index (χ0) is 35.1. The molecule has 0 N–H and O–H groups in total. The molecule has 48 heavy (non-hydrogen) atoms. The summed E-state index contributed by atoms with van der Waals surface area (Å²) in [6.45, 7) is 26.1. The van der Waals surface area contributed by atoms with Crippen LogP contribution in [0.5, 0.6) is 5.75 Å². The number of rotatable bonds is 16. The van der Waals surface area contributed by atoms with Crippen LogP contribution >= 0.6 is 0 Å². The van der Waals surface area contributed by atoms with Gasteiger partial charge in [-0.2, -0.15) is 9.61 Å². The van der Waals surface area contributed by atoms with Crippen molar-refractivity contribution in [2.24, 2.45) is 0 Å². The van der Waals surface area contributed by atoms with Crippen LogP contribution in [0.1, 0.15) is 95.0 Å². The Balaban J connectivity index is 1.70. The largest absolute Gasteiger partial charge is 0.490 e. The van der Waals surface area contributed by atoms with Gasteiger partial charge >= 0.3 is 5.97 Å². The van der Waals surface area contributed by atoms with Gasteiger partial charge in [-0.25, -0.2) is 9.78 Å². The van der Waals surface area contributed by atoms with E-state index in [4.69, 9.17) is 33.8 Å². The molecule has 0 bridgehead atoms. The first-order valence-corrected chi connectivity index (χ1v) is 17.0. The Kier molecular flexibility index (Phi) is 12.5. The molecule has 1 aromatic carbocycles. The van der Waals surface area contributed by atoms with Crippen molar-refractivity contribution in [3.05, 3.63) is 77.7 Å². The Labute approximate surface area is 286 Å². The van der Waals surface area contributed by atoms with Crippen molar-refractivity contribution >= 4 is 17.4 Å². The lowest BCUT2D eigenvalue weighted by molar-refractivity contribution is -0.166. The average Bonchev–Trinajstić information content (AvgIpc) is 3.42. The van der Waals surface area contributed by atoms with Gasteiger partial charge in [0.15, 0.2) is 11.8 Å². The van der Waals surface area contributed by atoms with E-state index >= 15 is 0 Å². The molecular weight excluding hydrogens is 608 g/mol. The molecule has 262 valence electrons. The van der Waals surface area contributed by atoms with Gasteiger partial charge < -0.3 is 28.6 Å². The molecule has 10 nitrogen and oxygen atoms in total. The monoisotopic (exact) mass is 662 g/mol. The molecule has 2 aromatic heterocycles. The van der Waals surface area contributed by atoms with Crippen molar-refractivity contribution in [2.45, 2.75) is 111 Å². The smallest absolute Gasteiger partial charge is 0.340 e. The van der Waals surface area contributed by atoms with Gasteiger partial charge in [-0.15, -0.1) is 13.2 Å². The Morgan fingerprint density at radius 2 is 1.83 bits per heavy atom. The van der Waals surface area contributed by atoms with Crippen molar-refractivity contribution in [1.82, 2.24) is 14.6 Å². The molecule has 10 heteroatoms. The maximum absolute atomic E-state index is 13.5. The van der Waals surface area contributed by atoms with Crippen LogP contribution in [-0.2, 0) is 37.0 Å². The normalized spacial score (nSPS) is 16.0. The van der Waals surface area contributed by atoms with Crippen LogP contribution in [0.4, 0.5) is 5.82 Å². The second kappa shape index (κ2) is 16.1. The highest BCUT2D eigenvalue weighted by Crippen LogP contribution is 2.38. The van der Waals surface area contributed by atoms with E-state index in [1.165, 1.54) is 0 Å². The fourth-order valence-corrected chi connectivity index (χ4v) is 5.89. The van der Waals surface area contributed by atoms with E-state index in [0.717, 1.165) is 47.7 Å². The van der Waals surface area contributed by atoms with Crippen LogP contribution < -0.4 is 9.64 Å². The maximum Gasteiger partial charge on any atom is 0.340 e. The lowest BCUT2D eigenvalue weighted by atomic mass is 9.92. The summed E-state index contributed by atoms with van der Waals surface area (Å²) < 4.78 is 32.4. The standard InChI is InChI=1S/C38H54N4O6/c1-11-14-27(5)47-31-22-26(4)15-16-29(31)24-44-25-30-23-32-39-28(6)33(34(36(43)45-13-3)48-37(7,8)9)35(42(32)40-30)41-19-17-38(10,18-20-41)46-21-12-2/h11-12,15-16,22-23,27,34H,1-2,13-14,17-21,24-25H2,3-10H3/t27-,34-/m0/s1. The topological polar surface area (TPSA) is 96.7 Å². The number of fused-ring (bicyclic) bond motifs is 1. The fourth-order valence-electron chi connectivity index (χ4n) is 5.89. The first-order chi connectivity index (χ1) is 22.8. The van der Waals surface area contributed by atoms with Crippen LogP contribution in [0.2, 0.25) is 0 Å². The predicted octanol–water partition coefficient (Wildman–Crippen LogP) is 7.39. The summed E-state index contributed by atoms with van der Waals surface area (Å²) in [5, 5.41) is 4.99. The van der Waals surface area contributed by atoms with Crippen molar-refractivity contribution in [2.75, 3.05) is 31.2 Å². The molecule has 0 saturated carbocycles. The van der Waals surface area contributed by atoms with Crippen LogP contribution in [0, 0.1) is 13.8 Å².